The number of hydrogen-bond acceptors (Lipinski definition) is 3. The summed E-state index contributed by atoms with van der Waals surface area (Å²) >= 11 is 0. The number of ether oxygens (including phenoxy) is 1. The van der Waals surface area contributed by atoms with Crippen LogP contribution in [0.1, 0.15) is 6.92 Å². The van der Waals surface area contributed by atoms with Gasteiger partial charge in [-0.05, 0) is 31.1 Å². The maximum absolute atomic E-state index is 13.2. The zero-order valence-electron chi connectivity index (χ0n) is 11.4. The normalized spacial score (nSPS) is 15.7. The molecule has 1 saturated heterocycles. The first-order chi connectivity index (χ1) is 9.18. The summed E-state index contributed by atoms with van der Waals surface area (Å²) in [6.07, 6.45) is 0. The Morgan fingerprint density at radius 1 is 1.50 bits per heavy atom. The second-order valence-electron chi connectivity index (χ2n) is 4.78. The van der Waals surface area contributed by atoms with Crippen LogP contribution in [0.15, 0.2) is 24.3 Å². The molecule has 1 fully saturated rings. The Balaban J connectivity index is 0.00000200. The van der Waals surface area contributed by atoms with E-state index < -0.39 is 0 Å². The van der Waals surface area contributed by atoms with Gasteiger partial charge in [-0.1, -0.05) is 19.1 Å². The zero-order valence-corrected chi connectivity index (χ0v) is 12.2. The third kappa shape index (κ3) is 4.35. The van der Waals surface area contributed by atoms with Crippen LogP contribution >= 0.6 is 12.4 Å². The van der Waals surface area contributed by atoms with E-state index in [-0.39, 0.29) is 42.4 Å². The molecule has 112 valence electrons. The van der Waals surface area contributed by atoms with Gasteiger partial charge in [-0.25, -0.2) is 4.39 Å². The summed E-state index contributed by atoms with van der Waals surface area (Å²) in [4.78, 5) is 11.8. The Labute approximate surface area is 124 Å². The van der Waals surface area contributed by atoms with Crippen molar-refractivity contribution in [1.82, 2.24) is 10.6 Å². The molecule has 0 bridgehead atoms. The molecule has 2 rings (SSSR count). The summed E-state index contributed by atoms with van der Waals surface area (Å²) in [6, 6.07) is 6.24. The minimum Gasteiger partial charge on any atom is -0.489 e. The number of carbonyl (C=O) groups is 1. The number of rotatable bonds is 6. The van der Waals surface area contributed by atoms with Crippen LogP contribution in [0.3, 0.4) is 0 Å². The van der Waals surface area contributed by atoms with Gasteiger partial charge in [0, 0.05) is 5.92 Å². The lowest BCUT2D eigenvalue weighted by atomic mass is 9.88. The number of amides is 1. The molecule has 1 aromatic rings. The first-order valence-electron chi connectivity index (χ1n) is 6.54. The number of carbonyl (C=O) groups excluding carboxylic acids is 1. The van der Waals surface area contributed by atoms with E-state index in [0.717, 1.165) is 13.1 Å². The number of nitrogens with one attached hydrogen (secondary N) is 2. The highest BCUT2D eigenvalue weighted by Crippen LogP contribution is 2.16. The van der Waals surface area contributed by atoms with Gasteiger partial charge in [0.15, 0.2) is 11.6 Å². The molecule has 1 amide bonds. The Hall–Kier alpha value is -1.33. The number of hydrogen-bond donors (Lipinski definition) is 2. The molecule has 0 aliphatic carbocycles. The molecule has 0 radical (unpaired) electrons. The second-order valence-corrected chi connectivity index (χ2v) is 4.78. The van der Waals surface area contributed by atoms with Crippen LogP contribution in [0.5, 0.6) is 5.75 Å². The van der Waals surface area contributed by atoms with Crippen LogP contribution in [-0.4, -0.2) is 32.1 Å². The van der Waals surface area contributed by atoms with Crippen LogP contribution in [0, 0.1) is 17.7 Å². The van der Waals surface area contributed by atoms with E-state index in [1.165, 1.54) is 6.07 Å². The Kier molecular flexibility index (Phi) is 6.75. The fourth-order valence-electron chi connectivity index (χ4n) is 1.94. The average molecular weight is 303 g/mol. The van der Waals surface area contributed by atoms with Crippen LogP contribution in [0.4, 0.5) is 4.39 Å². The quantitative estimate of drug-likeness (QED) is 0.785. The summed E-state index contributed by atoms with van der Waals surface area (Å²) in [5.41, 5.74) is 0. The number of para-hydroxylation sites is 1. The fourth-order valence-corrected chi connectivity index (χ4v) is 1.94. The SMILES string of the molecule is CC(C(=O)NCCOc1ccccc1F)C1CNC1.Cl. The molecule has 6 heteroatoms. The lowest BCUT2D eigenvalue weighted by molar-refractivity contribution is -0.126. The minimum absolute atomic E-state index is 0. The van der Waals surface area contributed by atoms with E-state index >= 15 is 0 Å². The predicted octanol–water partition coefficient (Wildman–Crippen LogP) is 1.60. The highest BCUT2D eigenvalue weighted by atomic mass is 35.5. The van der Waals surface area contributed by atoms with Gasteiger partial charge in [0.25, 0.3) is 0 Å². The van der Waals surface area contributed by atoms with E-state index in [4.69, 9.17) is 4.74 Å². The Morgan fingerprint density at radius 3 is 2.80 bits per heavy atom. The van der Waals surface area contributed by atoms with Gasteiger partial charge in [0.1, 0.15) is 6.61 Å². The Bertz CT molecular complexity index is 441. The van der Waals surface area contributed by atoms with Crippen LogP contribution in [-0.2, 0) is 4.79 Å². The monoisotopic (exact) mass is 302 g/mol. The first-order valence-corrected chi connectivity index (χ1v) is 6.54. The molecule has 1 aliphatic heterocycles. The number of benzene rings is 1. The van der Waals surface area contributed by atoms with E-state index in [0.29, 0.717) is 12.5 Å². The van der Waals surface area contributed by atoms with Gasteiger partial charge in [-0.2, -0.15) is 0 Å². The smallest absolute Gasteiger partial charge is 0.223 e. The highest BCUT2D eigenvalue weighted by Gasteiger charge is 2.28. The third-order valence-electron chi connectivity index (χ3n) is 3.43. The van der Waals surface area contributed by atoms with Crippen molar-refractivity contribution < 1.29 is 13.9 Å². The van der Waals surface area contributed by atoms with Gasteiger partial charge in [0.05, 0.1) is 6.54 Å². The van der Waals surface area contributed by atoms with Crippen molar-refractivity contribution >= 4 is 18.3 Å². The van der Waals surface area contributed by atoms with Crippen LogP contribution in [0.2, 0.25) is 0 Å². The van der Waals surface area contributed by atoms with E-state index in [9.17, 15) is 9.18 Å². The summed E-state index contributed by atoms with van der Waals surface area (Å²) < 4.78 is 18.5. The van der Waals surface area contributed by atoms with Gasteiger partial charge in [0.2, 0.25) is 5.91 Å². The van der Waals surface area contributed by atoms with E-state index in [1.807, 2.05) is 6.92 Å². The van der Waals surface area contributed by atoms with Gasteiger partial charge >= 0.3 is 0 Å². The summed E-state index contributed by atoms with van der Waals surface area (Å²) in [5, 5.41) is 5.95. The highest BCUT2D eigenvalue weighted by molar-refractivity contribution is 5.85. The molecule has 20 heavy (non-hydrogen) atoms. The lowest BCUT2D eigenvalue weighted by Crippen LogP contribution is -2.49. The minimum atomic E-state index is -0.386. The van der Waals surface area contributed by atoms with E-state index in [2.05, 4.69) is 10.6 Å². The van der Waals surface area contributed by atoms with Crippen molar-refractivity contribution in [3.05, 3.63) is 30.1 Å². The molecule has 1 atom stereocenters. The Morgan fingerprint density at radius 2 is 2.20 bits per heavy atom. The van der Waals surface area contributed by atoms with Crippen molar-refractivity contribution in [3.63, 3.8) is 0 Å². The van der Waals surface area contributed by atoms with Crippen molar-refractivity contribution in [2.75, 3.05) is 26.2 Å². The molecule has 0 saturated carbocycles. The second kappa shape index (κ2) is 8.07. The molecule has 0 spiro atoms. The van der Waals surface area contributed by atoms with Crippen molar-refractivity contribution in [2.45, 2.75) is 6.92 Å². The molecule has 0 aromatic heterocycles. The van der Waals surface area contributed by atoms with Gasteiger partial charge in [-0.15, -0.1) is 12.4 Å². The molecule has 1 unspecified atom stereocenters. The first kappa shape index (κ1) is 16.7. The molecule has 1 aromatic carbocycles. The standard InChI is InChI=1S/C14H19FN2O2.ClH/c1-10(11-8-16-9-11)14(18)17-6-7-19-13-5-3-2-4-12(13)15;/h2-5,10-11,16H,6-9H2,1H3,(H,17,18);1H. The van der Waals surface area contributed by atoms with Gasteiger partial charge < -0.3 is 15.4 Å². The molecular formula is C14H20ClFN2O2. The maximum atomic E-state index is 13.2. The van der Waals surface area contributed by atoms with Crippen molar-refractivity contribution in [3.8, 4) is 5.75 Å². The molecule has 4 nitrogen and oxygen atoms in total. The third-order valence-corrected chi connectivity index (χ3v) is 3.43. The van der Waals surface area contributed by atoms with Crippen LogP contribution < -0.4 is 15.4 Å². The summed E-state index contributed by atoms with van der Waals surface area (Å²) in [7, 11) is 0. The molecule has 2 N–H and O–H groups in total. The van der Waals surface area contributed by atoms with Crippen LogP contribution in [0.25, 0.3) is 0 Å². The molecular weight excluding hydrogens is 283 g/mol. The van der Waals surface area contributed by atoms with Crippen molar-refractivity contribution in [2.24, 2.45) is 11.8 Å². The number of halogens is 2. The predicted molar refractivity (Wildman–Crippen MR) is 77.7 cm³/mol. The molecule has 1 heterocycles. The van der Waals surface area contributed by atoms with Gasteiger partial charge in [-0.3, -0.25) is 4.79 Å². The van der Waals surface area contributed by atoms with E-state index in [1.54, 1.807) is 18.2 Å². The summed E-state index contributed by atoms with van der Waals surface area (Å²) in [5.74, 6) is 0.293. The topological polar surface area (TPSA) is 50.4 Å². The molecule has 1 aliphatic rings. The lowest BCUT2D eigenvalue weighted by Gasteiger charge is -2.31. The summed E-state index contributed by atoms with van der Waals surface area (Å²) in [6.45, 7) is 4.39. The van der Waals surface area contributed by atoms with Crippen molar-refractivity contribution in [1.29, 1.82) is 0 Å². The largest absolute Gasteiger partial charge is 0.489 e. The average Bonchev–Trinajstić information content (AvgIpc) is 2.34. The fraction of sp³-hybridized carbons (Fsp3) is 0.500. The maximum Gasteiger partial charge on any atom is 0.223 e. The zero-order chi connectivity index (χ0) is 13.7.